The molecule has 0 radical (unpaired) electrons. The predicted molar refractivity (Wildman–Crippen MR) is 81.2 cm³/mol. The summed E-state index contributed by atoms with van der Waals surface area (Å²) < 4.78 is 5.09. The van der Waals surface area contributed by atoms with Crippen LogP contribution >= 0.6 is 0 Å². The number of carbonyl (C=O) groups is 1. The van der Waals surface area contributed by atoms with Crippen LogP contribution in [-0.4, -0.2) is 21.3 Å². The van der Waals surface area contributed by atoms with E-state index in [0.29, 0.717) is 18.6 Å². The van der Waals surface area contributed by atoms with Gasteiger partial charge in [0.2, 0.25) is 0 Å². The Morgan fingerprint density at radius 2 is 1.55 bits per heavy atom. The first-order chi connectivity index (χ1) is 10.5. The Balaban J connectivity index is 2.03. The SMILES string of the molecule is CC(=O)Oc1cc(O)ccc1CCCc1ccc(O)cc1O. The summed E-state index contributed by atoms with van der Waals surface area (Å²) >= 11 is 0. The second-order valence-corrected chi connectivity index (χ2v) is 5.05. The second-order valence-electron chi connectivity index (χ2n) is 5.05. The van der Waals surface area contributed by atoms with Crippen LogP contribution in [-0.2, 0) is 17.6 Å². The van der Waals surface area contributed by atoms with E-state index in [4.69, 9.17) is 4.74 Å². The van der Waals surface area contributed by atoms with Gasteiger partial charge in [-0.1, -0.05) is 12.1 Å². The van der Waals surface area contributed by atoms with Gasteiger partial charge in [0.1, 0.15) is 23.0 Å². The van der Waals surface area contributed by atoms with Crippen molar-refractivity contribution in [3.63, 3.8) is 0 Å². The van der Waals surface area contributed by atoms with E-state index in [9.17, 15) is 20.1 Å². The molecular weight excluding hydrogens is 284 g/mol. The third-order valence-corrected chi connectivity index (χ3v) is 3.27. The number of carbonyl (C=O) groups excluding carboxylic acids is 1. The number of benzene rings is 2. The third kappa shape index (κ3) is 4.15. The zero-order valence-corrected chi connectivity index (χ0v) is 12.2. The van der Waals surface area contributed by atoms with Crippen molar-refractivity contribution in [2.45, 2.75) is 26.2 Å². The van der Waals surface area contributed by atoms with Gasteiger partial charge in [0.05, 0.1) is 0 Å². The molecule has 2 rings (SSSR count). The van der Waals surface area contributed by atoms with Crippen molar-refractivity contribution in [1.29, 1.82) is 0 Å². The van der Waals surface area contributed by atoms with Crippen molar-refractivity contribution < 1.29 is 24.9 Å². The lowest BCUT2D eigenvalue weighted by Gasteiger charge is -2.10. The van der Waals surface area contributed by atoms with Crippen molar-refractivity contribution in [2.75, 3.05) is 0 Å². The fourth-order valence-electron chi connectivity index (χ4n) is 2.23. The van der Waals surface area contributed by atoms with Crippen LogP contribution in [0.5, 0.6) is 23.0 Å². The molecule has 2 aromatic rings. The molecule has 2 aromatic carbocycles. The van der Waals surface area contributed by atoms with Gasteiger partial charge < -0.3 is 20.1 Å². The first-order valence-electron chi connectivity index (χ1n) is 6.97. The maximum absolute atomic E-state index is 11.1. The molecule has 0 saturated carbocycles. The van der Waals surface area contributed by atoms with Gasteiger partial charge in [-0.05, 0) is 42.5 Å². The first kappa shape index (κ1) is 15.7. The number of aryl methyl sites for hydroxylation is 2. The van der Waals surface area contributed by atoms with Crippen LogP contribution in [0.3, 0.4) is 0 Å². The van der Waals surface area contributed by atoms with E-state index >= 15 is 0 Å². The number of phenolic OH excluding ortho intramolecular Hbond substituents is 3. The molecule has 0 saturated heterocycles. The molecule has 0 fully saturated rings. The van der Waals surface area contributed by atoms with E-state index in [0.717, 1.165) is 17.5 Å². The topological polar surface area (TPSA) is 87.0 Å². The van der Waals surface area contributed by atoms with Crippen LogP contribution in [0.25, 0.3) is 0 Å². The van der Waals surface area contributed by atoms with Gasteiger partial charge in [0.25, 0.3) is 0 Å². The predicted octanol–water partition coefficient (Wildman–Crippen LogP) is 2.90. The van der Waals surface area contributed by atoms with Crippen LogP contribution in [0.2, 0.25) is 0 Å². The molecule has 0 aliphatic rings. The molecule has 0 amide bonds. The van der Waals surface area contributed by atoms with Crippen molar-refractivity contribution in [3.8, 4) is 23.0 Å². The largest absolute Gasteiger partial charge is 0.508 e. The fraction of sp³-hybridized carbons (Fsp3) is 0.235. The van der Waals surface area contributed by atoms with Gasteiger partial charge in [0, 0.05) is 19.1 Å². The summed E-state index contributed by atoms with van der Waals surface area (Å²) in [5, 5.41) is 28.5. The molecule has 0 atom stereocenters. The van der Waals surface area contributed by atoms with Crippen molar-refractivity contribution in [3.05, 3.63) is 47.5 Å². The lowest BCUT2D eigenvalue weighted by atomic mass is 10.0. The van der Waals surface area contributed by atoms with Gasteiger partial charge in [-0.2, -0.15) is 0 Å². The van der Waals surface area contributed by atoms with E-state index in [1.54, 1.807) is 18.2 Å². The number of esters is 1. The Labute approximate surface area is 128 Å². The minimum atomic E-state index is -0.442. The lowest BCUT2D eigenvalue weighted by molar-refractivity contribution is -0.131. The average molecular weight is 302 g/mol. The molecule has 22 heavy (non-hydrogen) atoms. The number of phenols is 3. The highest BCUT2D eigenvalue weighted by Gasteiger charge is 2.09. The molecule has 3 N–H and O–H groups in total. The van der Waals surface area contributed by atoms with Crippen LogP contribution in [0.1, 0.15) is 24.5 Å². The van der Waals surface area contributed by atoms with E-state index < -0.39 is 5.97 Å². The molecule has 0 spiro atoms. The zero-order chi connectivity index (χ0) is 16.1. The maximum Gasteiger partial charge on any atom is 0.308 e. The van der Waals surface area contributed by atoms with Crippen LogP contribution in [0, 0.1) is 0 Å². The highest BCUT2D eigenvalue weighted by molar-refractivity contribution is 5.70. The number of rotatable bonds is 5. The number of ether oxygens (including phenoxy) is 1. The summed E-state index contributed by atoms with van der Waals surface area (Å²) in [6.45, 7) is 1.31. The highest BCUT2D eigenvalue weighted by Crippen LogP contribution is 2.27. The normalized spacial score (nSPS) is 10.4. The summed E-state index contributed by atoms with van der Waals surface area (Å²) in [5.41, 5.74) is 1.55. The highest BCUT2D eigenvalue weighted by atomic mass is 16.5. The molecular formula is C17H18O5. The quantitative estimate of drug-likeness (QED) is 0.584. The van der Waals surface area contributed by atoms with Crippen LogP contribution in [0.4, 0.5) is 0 Å². The standard InChI is InChI=1S/C17H18O5/c1-11(18)22-17-10-15(20)8-6-13(17)4-2-3-12-5-7-14(19)9-16(12)21/h5-10,19-21H,2-4H2,1H3. The van der Waals surface area contributed by atoms with E-state index in [-0.39, 0.29) is 17.2 Å². The number of hydrogen-bond acceptors (Lipinski definition) is 5. The van der Waals surface area contributed by atoms with Gasteiger partial charge in [0.15, 0.2) is 0 Å². The monoisotopic (exact) mass is 302 g/mol. The van der Waals surface area contributed by atoms with Crippen LogP contribution in [0.15, 0.2) is 36.4 Å². The Kier molecular flexibility index (Phi) is 4.88. The van der Waals surface area contributed by atoms with Crippen LogP contribution < -0.4 is 4.74 Å². The molecule has 0 aliphatic carbocycles. The Bertz CT molecular complexity index is 679. The maximum atomic E-state index is 11.1. The fourth-order valence-corrected chi connectivity index (χ4v) is 2.23. The molecule has 5 heteroatoms. The summed E-state index contributed by atoms with van der Waals surface area (Å²) in [5.74, 6) is 0.0319. The molecule has 0 heterocycles. The van der Waals surface area contributed by atoms with Gasteiger partial charge in [-0.15, -0.1) is 0 Å². The van der Waals surface area contributed by atoms with E-state index in [1.807, 2.05) is 0 Å². The van der Waals surface area contributed by atoms with E-state index in [2.05, 4.69) is 0 Å². The number of aromatic hydroxyl groups is 3. The Morgan fingerprint density at radius 1 is 0.955 bits per heavy atom. The van der Waals surface area contributed by atoms with Crippen molar-refractivity contribution in [2.24, 2.45) is 0 Å². The minimum Gasteiger partial charge on any atom is -0.508 e. The molecule has 0 aromatic heterocycles. The summed E-state index contributed by atoms with van der Waals surface area (Å²) in [7, 11) is 0. The zero-order valence-electron chi connectivity index (χ0n) is 12.2. The molecule has 0 bridgehead atoms. The van der Waals surface area contributed by atoms with Gasteiger partial charge >= 0.3 is 5.97 Å². The third-order valence-electron chi connectivity index (χ3n) is 3.27. The Hall–Kier alpha value is -2.69. The number of hydrogen-bond donors (Lipinski definition) is 3. The van der Waals surface area contributed by atoms with Crippen molar-refractivity contribution in [1.82, 2.24) is 0 Å². The summed E-state index contributed by atoms with van der Waals surface area (Å²) in [6, 6.07) is 9.17. The molecule has 5 nitrogen and oxygen atoms in total. The first-order valence-corrected chi connectivity index (χ1v) is 6.97. The Morgan fingerprint density at radius 3 is 2.18 bits per heavy atom. The smallest absolute Gasteiger partial charge is 0.308 e. The van der Waals surface area contributed by atoms with Crippen molar-refractivity contribution >= 4 is 5.97 Å². The average Bonchev–Trinajstić information content (AvgIpc) is 2.43. The molecule has 0 unspecified atom stereocenters. The minimum absolute atomic E-state index is 0.0249. The second kappa shape index (κ2) is 6.85. The van der Waals surface area contributed by atoms with E-state index in [1.165, 1.54) is 25.1 Å². The summed E-state index contributed by atoms with van der Waals surface area (Å²) in [4.78, 5) is 11.1. The van der Waals surface area contributed by atoms with Gasteiger partial charge in [-0.25, -0.2) is 0 Å². The van der Waals surface area contributed by atoms with Gasteiger partial charge in [-0.3, -0.25) is 4.79 Å². The lowest BCUT2D eigenvalue weighted by Crippen LogP contribution is -2.04. The molecule has 0 aliphatic heterocycles. The molecule has 116 valence electrons. The summed E-state index contributed by atoms with van der Waals surface area (Å²) in [6.07, 6.45) is 1.97.